The summed E-state index contributed by atoms with van der Waals surface area (Å²) in [5.74, 6) is -0.112. The zero-order valence-corrected chi connectivity index (χ0v) is 9.99. The van der Waals surface area contributed by atoms with Crippen LogP contribution in [0.1, 0.15) is 11.1 Å². The Kier molecular flexibility index (Phi) is 3.75. The summed E-state index contributed by atoms with van der Waals surface area (Å²) in [6, 6.07) is 7.95. The standard InChI is InChI=1S/C13H8ClFN2O/c14-11-4-12(7-17-6-11)18-8-10-3-1-2-9(5-16)13(10)15/h1-4,6-7H,8H2. The zero-order valence-electron chi connectivity index (χ0n) is 9.23. The minimum Gasteiger partial charge on any atom is -0.487 e. The molecule has 2 aromatic rings. The quantitative estimate of drug-likeness (QED) is 0.852. The summed E-state index contributed by atoms with van der Waals surface area (Å²) in [5.41, 5.74) is 0.314. The van der Waals surface area contributed by atoms with Crippen LogP contribution in [0.4, 0.5) is 4.39 Å². The molecule has 0 atom stereocenters. The van der Waals surface area contributed by atoms with Crippen molar-refractivity contribution in [2.45, 2.75) is 6.61 Å². The van der Waals surface area contributed by atoms with Gasteiger partial charge in [0.25, 0.3) is 0 Å². The summed E-state index contributed by atoms with van der Waals surface area (Å²) in [6.07, 6.45) is 2.96. The molecule has 0 saturated heterocycles. The lowest BCUT2D eigenvalue weighted by atomic mass is 10.1. The van der Waals surface area contributed by atoms with Crippen LogP contribution in [0, 0.1) is 17.1 Å². The molecule has 0 radical (unpaired) electrons. The molecule has 1 heterocycles. The molecule has 0 spiro atoms. The number of nitriles is 1. The van der Waals surface area contributed by atoms with Crippen LogP contribution in [0.3, 0.4) is 0 Å². The molecule has 0 amide bonds. The molecular weight excluding hydrogens is 255 g/mol. The van der Waals surface area contributed by atoms with Crippen LogP contribution in [-0.4, -0.2) is 4.98 Å². The van der Waals surface area contributed by atoms with E-state index >= 15 is 0 Å². The first-order chi connectivity index (χ1) is 8.70. The molecule has 1 aromatic carbocycles. The molecule has 0 unspecified atom stereocenters. The Labute approximate surface area is 108 Å². The monoisotopic (exact) mass is 262 g/mol. The summed E-state index contributed by atoms with van der Waals surface area (Å²) in [6.45, 7) is 0.0172. The molecule has 90 valence electrons. The second kappa shape index (κ2) is 5.48. The highest BCUT2D eigenvalue weighted by Gasteiger charge is 2.08. The summed E-state index contributed by atoms with van der Waals surface area (Å²) < 4.78 is 19.1. The Morgan fingerprint density at radius 1 is 1.39 bits per heavy atom. The van der Waals surface area contributed by atoms with Gasteiger partial charge in [-0.3, -0.25) is 4.98 Å². The van der Waals surface area contributed by atoms with Gasteiger partial charge in [-0.1, -0.05) is 23.7 Å². The Morgan fingerprint density at radius 2 is 2.22 bits per heavy atom. The third kappa shape index (κ3) is 2.76. The van der Waals surface area contributed by atoms with Crippen molar-refractivity contribution in [2.75, 3.05) is 0 Å². The van der Waals surface area contributed by atoms with E-state index < -0.39 is 5.82 Å². The minimum atomic E-state index is -0.560. The van der Waals surface area contributed by atoms with Gasteiger partial charge in [-0.15, -0.1) is 0 Å². The molecular formula is C13H8ClFN2O. The lowest BCUT2D eigenvalue weighted by molar-refractivity contribution is 0.298. The number of ether oxygens (including phenoxy) is 1. The van der Waals surface area contributed by atoms with Crippen LogP contribution in [0.5, 0.6) is 5.75 Å². The topological polar surface area (TPSA) is 45.9 Å². The van der Waals surface area contributed by atoms with Gasteiger partial charge in [0, 0.05) is 17.8 Å². The van der Waals surface area contributed by atoms with E-state index in [0.29, 0.717) is 16.3 Å². The maximum Gasteiger partial charge on any atom is 0.147 e. The second-order valence-corrected chi connectivity index (χ2v) is 3.95. The third-order valence-electron chi connectivity index (χ3n) is 2.27. The summed E-state index contributed by atoms with van der Waals surface area (Å²) in [4.78, 5) is 3.85. The first kappa shape index (κ1) is 12.3. The second-order valence-electron chi connectivity index (χ2n) is 3.52. The molecule has 5 heteroatoms. The normalized spacial score (nSPS) is 9.83. The van der Waals surface area contributed by atoms with Crippen LogP contribution in [-0.2, 0) is 6.61 Å². The molecule has 0 aliphatic heterocycles. The maximum atomic E-state index is 13.7. The molecule has 0 N–H and O–H groups in total. The van der Waals surface area contributed by atoms with E-state index in [1.807, 2.05) is 0 Å². The van der Waals surface area contributed by atoms with E-state index in [1.165, 1.54) is 18.5 Å². The predicted octanol–water partition coefficient (Wildman–Crippen LogP) is 3.32. The molecule has 0 aliphatic carbocycles. The van der Waals surface area contributed by atoms with Crippen molar-refractivity contribution in [3.63, 3.8) is 0 Å². The molecule has 0 saturated carbocycles. The Hall–Kier alpha value is -2.12. The number of pyridine rings is 1. The number of hydrogen-bond acceptors (Lipinski definition) is 3. The van der Waals surface area contributed by atoms with E-state index in [-0.39, 0.29) is 12.2 Å². The predicted molar refractivity (Wildman–Crippen MR) is 64.7 cm³/mol. The summed E-state index contributed by atoms with van der Waals surface area (Å²) in [7, 11) is 0. The summed E-state index contributed by atoms with van der Waals surface area (Å²) in [5, 5.41) is 9.15. The fraction of sp³-hybridized carbons (Fsp3) is 0.0769. The molecule has 0 bridgehead atoms. The fourth-order valence-electron chi connectivity index (χ4n) is 1.41. The van der Waals surface area contributed by atoms with Gasteiger partial charge in [0.05, 0.1) is 16.8 Å². The van der Waals surface area contributed by atoms with Crippen molar-refractivity contribution < 1.29 is 9.13 Å². The van der Waals surface area contributed by atoms with Crippen molar-refractivity contribution >= 4 is 11.6 Å². The van der Waals surface area contributed by atoms with Crippen LogP contribution >= 0.6 is 11.6 Å². The lowest BCUT2D eigenvalue weighted by Gasteiger charge is -2.07. The van der Waals surface area contributed by atoms with Gasteiger partial charge in [0.1, 0.15) is 24.2 Å². The molecule has 1 aromatic heterocycles. The first-order valence-corrected chi connectivity index (χ1v) is 5.49. The van der Waals surface area contributed by atoms with Gasteiger partial charge in [0.15, 0.2) is 0 Å². The Bertz CT molecular complexity index is 610. The van der Waals surface area contributed by atoms with Gasteiger partial charge < -0.3 is 4.74 Å². The zero-order chi connectivity index (χ0) is 13.0. The smallest absolute Gasteiger partial charge is 0.147 e. The van der Waals surface area contributed by atoms with Gasteiger partial charge in [-0.25, -0.2) is 4.39 Å². The lowest BCUT2D eigenvalue weighted by Crippen LogP contribution is -2.00. The van der Waals surface area contributed by atoms with Gasteiger partial charge >= 0.3 is 0 Å². The molecule has 18 heavy (non-hydrogen) atoms. The SMILES string of the molecule is N#Cc1cccc(COc2cncc(Cl)c2)c1F. The van der Waals surface area contributed by atoms with Crippen molar-refractivity contribution in [1.82, 2.24) is 4.98 Å². The Morgan fingerprint density at radius 3 is 2.94 bits per heavy atom. The summed E-state index contributed by atoms with van der Waals surface area (Å²) >= 11 is 5.75. The van der Waals surface area contributed by atoms with Crippen molar-refractivity contribution in [3.05, 3.63) is 58.6 Å². The number of hydrogen-bond donors (Lipinski definition) is 0. The van der Waals surface area contributed by atoms with Crippen LogP contribution < -0.4 is 4.74 Å². The third-order valence-corrected chi connectivity index (χ3v) is 2.48. The van der Waals surface area contributed by atoms with E-state index in [1.54, 1.807) is 24.3 Å². The van der Waals surface area contributed by atoms with Crippen molar-refractivity contribution in [3.8, 4) is 11.8 Å². The molecule has 3 nitrogen and oxygen atoms in total. The van der Waals surface area contributed by atoms with Crippen LogP contribution in [0.2, 0.25) is 5.02 Å². The Balaban J connectivity index is 2.14. The van der Waals surface area contributed by atoms with Gasteiger partial charge in [-0.05, 0) is 6.07 Å². The number of nitrogens with zero attached hydrogens (tertiary/aromatic N) is 2. The number of halogens is 2. The number of aromatic nitrogens is 1. The highest BCUT2D eigenvalue weighted by atomic mass is 35.5. The minimum absolute atomic E-state index is 0.000295. The number of benzene rings is 1. The van der Waals surface area contributed by atoms with Gasteiger partial charge in [0.2, 0.25) is 0 Å². The van der Waals surface area contributed by atoms with Crippen molar-refractivity contribution in [1.29, 1.82) is 5.26 Å². The maximum absolute atomic E-state index is 13.7. The average molecular weight is 263 g/mol. The van der Waals surface area contributed by atoms with Crippen LogP contribution in [0.25, 0.3) is 0 Å². The molecule has 2 rings (SSSR count). The van der Waals surface area contributed by atoms with E-state index in [4.69, 9.17) is 21.6 Å². The largest absolute Gasteiger partial charge is 0.487 e. The van der Waals surface area contributed by atoms with E-state index in [9.17, 15) is 4.39 Å². The van der Waals surface area contributed by atoms with E-state index in [0.717, 1.165) is 0 Å². The molecule has 0 aliphatic rings. The van der Waals surface area contributed by atoms with Crippen LogP contribution in [0.15, 0.2) is 36.7 Å². The fourth-order valence-corrected chi connectivity index (χ4v) is 1.57. The van der Waals surface area contributed by atoms with Gasteiger partial charge in [-0.2, -0.15) is 5.26 Å². The molecule has 0 fully saturated rings. The van der Waals surface area contributed by atoms with Crippen molar-refractivity contribution in [2.24, 2.45) is 0 Å². The number of rotatable bonds is 3. The highest BCUT2D eigenvalue weighted by molar-refractivity contribution is 6.30. The average Bonchev–Trinajstić information content (AvgIpc) is 2.38. The van der Waals surface area contributed by atoms with E-state index in [2.05, 4.69) is 4.98 Å². The highest BCUT2D eigenvalue weighted by Crippen LogP contribution is 2.18. The first-order valence-electron chi connectivity index (χ1n) is 5.11.